The molecule has 2 heterocycles. The summed E-state index contributed by atoms with van der Waals surface area (Å²) in [6.07, 6.45) is -2.78. The minimum absolute atomic E-state index is 0.0123. The molecule has 188 valence electrons. The summed E-state index contributed by atoms with van der Waals surface area (Å²) in [5, 5.41) is 6.11. The number of benzene rings is 2. The summed E-state index contributed by atoms with van der Waals surface area (Å²) in [7, 11) is 0. The number of alkyl halides is 2. The Hall–Kier alpha value is -3.95. The Kier molecular flexibility index (Phi) is 5.50. The van der Waals surface area contributed by atoms with E-state index in [1.54, 1.807) is 12.1 Å². The van der Waals surface area contributed by atoms with Crippen LogP contribution in [0.2, 0.25) is 0 Å². The topological polar surface area (TPSA) is 81.6 Å². The van der Waals surface area contributed by atoms with Gasteiger partial charge in [0.15, 0.2) is 11.5 Å². The first kappa shape index (κ1) is 23.8. The van der Waals surface area contributed by atoms with Gasteiger partial charge in [0.2, 0.25) is 11.8 Å². The second-order valence-electron chi connectivity index (χ2n) is 9.20. The summed E-state index contributed by atoms with van der Waals surface area (Å²) < 4.78 is 52.8. The number of carbonyl (C=O) groups is 2. The number of halogens is 3. The summed E-state index contributed by atoms with van der Waals surface area (Å²) in [6.45, 7) is 8.03. The lowest BCUT2D eigenvalue weighted by molar-refractivity contribution is -0.286. The lowest BCUT2D eigenvalue weighted by atomic mass is 9.94. The first-order valence-electron chi connectivity index (χ1n) is 11.4. The fourth-order valence-corrected chi connectivity index (χ4v) is 4.58. The highest BCUT2D eigenvalue weighted by atomic mass is 19.3. The number of aromatic nitrogens is 1. The number of anilines is 1. The van der Waals surface area contributed by atoms with Crippen molar-refractivity contribution in [2.45, 2.75) is 44.9 Å². The summed E-state index contributed by atoms with van der Waals surface area (Å²) in [5.41, 5.74) is 1.70. The number of amides is 2. The Morgan fingerprint density at radius 1 is 1.08 bits per heavy atom. The Morgan fingerprint density at radius 3 is 2.47 bits per heavy atom. The van der Waals surface area contributed by atoms with Crippen LogP contribution in [0.5, 0.6) is 11.5 Å². The molecule has 1 aliphatic carbocycles. The third-order valence-electron chi connectivity index (χ3n) is 6.52. The molecule has 1 aliphatic heterocycles. The Morgan fingerprint density at radius 2 is 1.81 bits per heavy atom. The molecule has 0 bridgehead atoms. The molecule has 1 saturated carbocycles. The molecule has 1 fully saturated rings. The fourth-order valence-electron chi connectivity index (χ4n) is 4.58. The molecule has 1 aromatic heterocycles. The number of carbonyl (C=O) groups excluding carboxylic acids is 2. The van der Waals surface area contributed by atoms with Gasteiger partial charge in [-0.25, -0.2) is 4.39 Å². The minimum atomic E-state index is -3.75. The van der Waals surface area contributed by atoms with E-state index in [0.717, 1.165) is 11.3 Å². The lowest BCUT2D eigenvalue weighted by Crippen LogP contribution is -2.28. The van der Waals surface area contributed by atoms with Crippen LogP contribution in [0.3, 0.4) is 0 Å². The van der Waals surface area contributed by atoms with Gasteiger partial charge in [0.25, 0.3) is 0 Å². The van der Waals surface area contributed by atoms with Gasteiger partial charge in [-0.1, -0.05) is 12.6 Å². The molecule has 0 spiro atoms. The van der Waals surface area contributed by atoms with Gasteiger partial charge in [0.1, 0.15) is 5.82 Å². The number of hydrogen-bond donors (Lipinski definition) is 2. The van der Waals surface area contributed by atoms with Crippen molar-refractivity contribution in [2.75, 3.05) is 11.9 Å². The zero-order valence-electron chi connectivity index (χ0n) is 19.7. The molecule has 2 N–H and O–H groups in total. The highest BCUT2D eigenvalue weighted by Crippen LogP contribution is 2.52. The first-order valence-corrected chi connectivity index (χ1v) is 11.4. The number of fused-ring (bicyclic) bond motifs is 2. The van der Waals surface area contributed by atoms with Crippen molar-refractivity contribution in [3.05, 3.63) is 60.1 Å². The zero-order valence-corrected chi connectivity index (χ0v) is 19.7. The van der Waals surface area contributed by atoms with Crippen LogP contribution in [-0.4, -0.2) is 29.2 Å². The predicted molar refractivity (Wildman–Crippen MR) is 127 cm³/mol. The van der Waals surface area contributed by atoms with E-state index in [-0.39, 0.29) is 23.1 Å². The predicted octanol–water partition coefficient (Wildman–Crippen LogP) is 4.94. The van der Waals surface area contributed by atoms with Crippen LogP contribution >= 0.6 is 0 Å². The van der Waals surface area contributed by atoms with Crippen molar-refractivity contribution in [1.82, 2.24) is 9.88 Å². The summed E-state index contributed by atoms with van der Waals surface area (Å²) in [4.78, 5) is 24.5. The summed E-state index contributed by atoms with van der Waals surface area (Å²) in [6, 6.07) is 9.01. The van der Waals surface area contributed by atoms with Gasteiger partial charge < -0.3 is 24.7 Å². The Bertz CT molecular complexity index is 1430. The maximum Gasteiger partial charge on any atom is 0.586 e. The number of hydrogen-bond acceptors (Lipinski definition) is 4. The highest BCUT2D eigenvalue weighted by molar-refractivity contribution is 6.03. The Labute approximate surface area is 204 Å². The normalized spacial score (nSPS) is 16.6. The molecule has 2 aliphatic rings. The van der Waals surface area contributed by atoms with Crippen LogP contribution in [0.4, 0.5) is 18.9 Å². The minimum Gasteiger partial charge on any atom is -0.395 e. The van der Waals surface area contributed by atoms with Crippen LogP contribution in [0.25, 0.3) is 16.5 Å². The van der Waals surface area contributed by atoms with Crippen molar-refractivity contribution in [1.29, 1.82) is 0 Å². The van der Waals surface area contributed by atoms with Gasteiger partial charge in [-0.05, 0) is 55.2 Å². The molecule has 0 radical (unpaired) electrons. The number of nitrogens with zero attached hydrogens (tertiary/aromatic N) is 1. The molecular weight excluding hydrogens is 475 g/mol. The largest absolute Gasteiger partial charge is 0.586 e. The van der Waals surface area contributed by atoms with Gasteiger partial charge in [0, 0.05) is 37.2 Å². The maximum atomic E-state index is 15.2. The van der Waals surface area contributed by atoms with Gasteiger partial charge in [-0.2, -0.15) is 0 Å². The molecule has 3 aromatic rings. The van der Waals surface area contributed by atoms with Gasteiger partial charge in [-0.3, -0.25) is 9.59 Å². The lowest BCUT2D eigenvalue weighted by Gasteiger charge is -2.17. The summed E-state index contributed by atoms with van der Waals surface area (Å²) in [5.74, 6) is -1.46. The van der Waals surface area contributed by atoms with Crippen molar-refractivity contribution >= 4 is 34.0 Å². The second-order valence-corrected chi connectivity index (χ2v) is 9.20. The average Bonchev–Trinajstić information content (AvgIpc) is 3.44. The molecule has 2 aromatic carbocycles. The molecule has 10 heteroatoms. The van der Waals surface area contributed by atoms with Crippen molar-refractivity contribution < 1.29 is 32.2 Å². The van der Waals surface area contributed by atoms with E-state index >= 15 is 4.39 Å². The molecule has 0 saturated heterocycles. The first-order chi connectivity index (χ1) is 17.0. The zero-order chi connectivity index (χ0) is 25.8. The number of allylic oxidation sites excluding steroid dienone is 1. The van der Waals surface area contributed by atoms with Crippen LogP contribution in [0.1, 0.15) is 37.9 Å². The SMILES string of the molecule is C=C(C)c1cc2cc(NC(=O)C3(c4ccc5c(c4)OC(F)(F)O5)CC3)c(F)cc2n1CCNC(C)=O. The number of ether oxygens (including phenoxy) is 2. The van der Waals surface area contributed by atoms with E-state index < -0.39 is 23.4 Å². The van der Waals surface area contributed by atoms with E-state index in [4.69, 9.17) is 0 Å². The highest BCUT2D eigenvalue weighted by Gasteiger charge is 2.53. The number of rotatable bonds is 7. The van der Waals surface area contributed by atoms with Gasteiger partial charge >= 0.3 is 6.29 Å². The average molecular weight is 499 g/mol. The fraction of sp³-hybridized carbons (Fsp3) is 0.308. The van der Waals surface area contributed by atoms with Crippen molar-refractivity contribution in [2.24, 2.45) is 0 Å². The molecule has 0 unspecified atom stereocenters. The van der Waals surface area contributed by atoms with Crippen LogP contribution in [0.15, 0.2) is 43.0 Å². The summed E-state index contributed by atoms with van der Waals surface area (Å²) >= 11 is 0. The molecule has 7 nitrogen and oxygen atoms in total. The molecular formula is C26H24F3N3O4. The van der Waals surface area contributed by atoms with Gasteiger partial charge in [-0.15, -0.1) is 8.78 Å². The van der Waals surface area contributed by atoms with E-state index in [1.165, 1.54) is 25.1 Å². The van der Waals surface area contributed by atoms with Crippen molar-refractivity contribution in [3.63, 3.8) is 0 Å². The molecule has 2 amide bonds. The standard InChI is InChI=1S/C26H24F3N3O4/c1-14(2)20-11-16-10-19(18(27)13-21(16)32(20)9-8-30-15(3)33)31-24(34)25(6-7-25)17-4-5-22-23(12-17)36-26(28,29)35-22/h4-5,10-13H,1,6-9H2,2-3H3,(H,30,33)(H,31,34). The van der Waals surface area contributed by atoms with E-state index in [0.29, 0.717) is 42.4 Å². The van der Waals surface area contributed by atoms with Crippen LogP contribution in [0, 0.1) is 5.82 Å². The van der Waals surface area contributed by atoms with E-state index in [2.05, 4.69) is 26.7 Å². The smallest absolute Gasteiger partial charge is 0.395 e. The Balaban J connectivity index is 1.41. The maximum absolute atomic E-state index is 15.2. The quantitative estimate of drug-likeness (QED) is 0.483. The van der Waals surface area contributed by atoms with Crippen LogP contribution in [-0.2, 0) is 21.5 Å². The molecule has 0 atom stereocenters. The van der Waals surface area contributed by atoms with Crippen LogP contribution < -0.4 is 20.1 Å². The molecule has 36 heavy (non-hydrogen) atoms. The third-order valence-corrected chi connectivity index (χ3v) is 6.52. The third kappa shape index (κ3) is 4.16. The molecule has 5 rings (SSSR count). The van der Waals surface area contributed by atoms with Gasteiger partial charge in [0.05, 0.1) is 16.6 Å². The van der Waals surface area contributed by atoms with E-state index in [9.17, 15) is 18.4 Å². The van der Waals surface area contributed by atoms with Crippen molar-refractivity contribution in [3.8, 4) is 11.5 Å². The monoisotopic (exact) mass is 499 g/mol. The second kappa shape index (κ2) is 8.32. The van der Waals surface area contributed by atoms with E-state index in [1.807, 2.05) is 17.6 Å². The number of nitrogens with one attached hydrogen (secondary N) is 2.